The molecule has 0 fully saturated rings. The van der Waals surface area contributed by atoms with Crippen LogP contribution in [0, 0.1) is 6.92 Å². The van der Waals surface area contributed by atoms with Crippen LogP contribution in [0.25, 0.3) is 0 Å². The van der Waals surface area contributed by atoms with Crippen molar-refractivity contribution in [3.8, 4) is 5.75 Å². The van der Waals surface area contributed by atoms with Gasteiger partial charge in [0.1, 0.15) is 5.75 Å². The average molecular weight is 316 g/mol. The van der Waals surface area contributed by atoms with Gasteiger partial charge in [-0.05, 0) is 36.2 Å². The van der Waals surface area contributed by atoms with Gasteiger partial charge in [-0.3, -0.25) is 0 Å². The van der Waals surface area contributed by atoms with Gasteiger partial charge >= 0.3 is 0 Å². The van der Waals surface area contributed by atoms with Crippen molar-refractivity contribution in [3.63, 3.8) is 0 Å². The molecule has 0 amide bonds. The maximum atomic E-state index is 6.50. The van der Waals surface area contributed by atoms with Gasteiger partial charge in [0.05, 0.1) is 12.5 Å². The van der Waals surface area contributed by atoms with E-state index < -0.39 is 0 Å². The first-order valence-electron chi connectivity index (χ1n) is 5.77. The number of methoxy groups -OCH3 is 1. The molecule has 0 radical (unpaired) electrons. The standard InChI is InChI=1S/C15H13Cl3O/c1-9-8-10(6-7-13(9)19-2)15(18)14-11(16)4-3-5-12(14)17/h3-8,15H,1-2H3. The molecule has 0 spiro atoms. The molecule has 2 rings (SSSR count). The predicted molar refractivity (Wildman–Crippen MR) is 81.9 cm³/mol. The molecule has 0 heterocycles. The SMILES string of the molecule is COc1ccc(C(Cl)c2c(Cl)cccc2Cl)cc1C. The van der Waals surface area contributed by atoms with Crippen LogP contribution in [0.2, 0.25) is 10.0 Å². The zero-order chi connectivity index (χ0) is 14.0. The highest BCUT2D eigenvalue weighted by atomic mass is 35.5. The van der Waals surface area contributed by atoms with Gasteiger partial charge in [-0.1, -0.05) is 41.4 Å². The smallest absolute Gasteiger partial charge is 0.121 e. The van der Waals surface area contributed by atoms with E-state index in [0.717, 1.165) is 22.4 Å². The highest BCUT2D eigenvalue weighted by Crippen LogP contribution is 2.39. The molecule has 0 bridgehead atoms. The maximum Gasteiger partial charge on any atom is 0.121 e. The summed E-state index contributed by atoms with van der Waals surface area (Å²) in [5.74, 6) is 0.831. The van der Waals surface area contributed by atoms with Crippen molar-refractivity contribution in [1.29, 1.82) is 0 Å². The molecule has 2 aromatic rings. The van der Waals surface area contributed by atoms with Crippen LogP contribution in [0.1, 0.15) is 22.1 Å². The van der Waals surface area contributed by atoms with Crippen LogP contribution in [-0.4, -0.2) is 7.11 Å². The van der Waals surface area contributed by atoms with Gasteiger partial charge in [0.15, 0.2) is 0 Å². The van der Waals surface area contributed by atoms with Crippen molar-refractivity contribution in [2.75, 3.05) is 7.11 Å². The summed E-state index contributed by atoms with van der Waals surface area (Å²) in [5.41, 5.74) is 2.70. The van der Waals surface area contributed by atoms with Crippen LogP contribution in [0.15, 0.2) is 36.4 Å². The van der Waals surface area contributed by atoms with E-state index in [9.17, 15) is 0 Å². The second-order valence-corrected chi connectivity index (χ2v) is 5.48. The first-order valence-corrected chi connectivity index (χ1v) is 6.96. The molecule has 0 aliphatic heterocycles. The minimum atomic E-state index is -0.384. The van der Waals surface area contributed by atoms with E-state index in [1.807, 2.05) is 25.1 Å². The molecule has 0 N–H and O–H groups in total. The van der Waals surface area contributed by atoms with Gasteiger partial charge in [-0.15, -0.1) is 11.6 Å². The Morgan fingerprint density at radius 2 is 1.68 bits per heavy atom. The second kappa shape index (κ2) is 6.04. The molecule has 2 aromatic carbocycles. The lowest BCUT2D eigenvalue weighted by Crippen LogP contribution is -1.97. The minimum Gasteiger partial charge on any atom is -0.496 e. The highest BCUT2D eigenvalue weighted by Gasteiger charge is 2.18. The summed E-state index contributed by atoms with van der Waals surface area (Å²) in [5, 5.41) is 0.757. The summed E-state index contributed by atoms with van der Waals surface area (Å²) in [6, 6.07) is 11.2. The second-order valence-electron chi connectivity index (χ2n) is 4.23. The number of hydrogen-bond donors (Lipinski definition) is 0. The topological polar surface area (TPSA) is 9.23 Å². The Hall–Kier alpha value is -0.890. The van der Waals surface area contributed by atoms with Crippen LogP contribution >= 0.6 is 34.8 Å². The number of ether oxygens (including phenoxy) is 1. The Morgan fingerprint density at radius 3 is 2.21 bits per heavy atom. The van der Waals surface area contributed by atoms with E-state index in [0.29, 0.717) is 10.0 Å². The Kier molecular flexibility index (Phi) is 4.62. The van der Waals surface area contributed by atoms with Crippen molar-refractivity contribution in [2.45, 2.75) is 12.3 Å². The first-order chi connectivity index (χ1) is 9.04. The number of alkyl halides is 1. The molecule has 1 nitrogen and oxygen atoms in total. The number of halogens is 3. The molecule has 0 saturated heterocycles. The molecule has 0 aliphatic carbocycles. The fraction of sp³-hybridized carbons (Fsp3) is 0.200. The van der Waals surface area contributed by atoms with Gasteiger partial charge in [0.2, 0.25) is 0 Å². The zero-order valence-electron chi connectivity index (χ0n) is 10.6. The Balaban J connectivity index is 2.44. The van der Waals surface area contributed by atoms with Gasteiger partial charge in [-0.2, -0.15) is 0 Å². The van der Waals surface area contributed by atoms with Crippen LogP contribution in [0.5, 0.6) is 5.75 Å². The minimum absolute atomic E-state index is 0.384. The van der Waals surface area contributed by atoms with E-state index in [1.165, 1.54) is 0 Å². The third-order valence-electron chi connectivity index (χ3n) is 2.96. The first kappa shape index (κ1) is 14.5. The van der Waals surface area contributed by atoms with E-state index in [4.69, 9.17) is 39.5 Å². The number of aryl methyl sites for hydroxylation is 1. The maximum absolute atomic E-state index is 6.50. The Labute approximate surface area is 128 Å². The third-order valence-corrected chi connectivity index (χ3v) is 4.09. The molecule has 4 heteroatoms. The van der Waals surface area contributed by atoms with Crippen molar-refractivity contribution in [3.05, 3.63) is 63.1 Å². The Morgan fingerprint density at radius 1 is 1.05 bits per heavy atom. The molecular weight excluding hydrogens is 303 g/mol. The molecule has 0 aliphatic rings. The van der Waals surface area contributed by atoms with Gasteiger partial charge in [0, 0.05) is 15.6 Å². The van der Waals surface area contributed by atoms with E-state index in [1.54, 1.807) is 25.3 Å². The van der Waals surface area contributed by atoms with E-state index in [-0.39, 0.29) is 5.38 Å². The molecule has 0 aromatic heterocycles. The van der Waals surface area contributed by atoms with Crippen LogP contribution in [0.4, 0.5) is 0 Å². The van der Waals surface area contributed by atoms with Crippen LogP contribution in [-0.2, 0) is 0 Å². The van der Waals surface area contributed by atoms with Gasteiger partial charge < -0.3 is 4.74 Å². The lowest BCUT2D eigenvalue weighted by molar-refractivity contribution is 0.411. The van der Waals surface area contributed by atoms with Gasteiger partial charge in [-0.25, -0.2) is 0 Å². The van der Waals surface area contributed by atoms with Crippen LogP contribution < -0.4 is 4.74 Å². The summed E-state index contributed by atoms with van der Waals surface area (Å²) in [6.07, 6.45) is 0. The molecule has 100 valence electrons. The molecule has 1 unspecified atom stereocenters. The molecule has 19 heavy (non-hydrogen) atoms. The van der Waals surface area contributed by atoms with Crippen molar-refractivity contribution < 1.29 is 4.74 Å². The number of hydrogen-bond acceptors (Lipinski definition) is 1. The number of rotatable bonds is 3. The summed E-state index contributed by atoms with van der Waals surface area (Å²) in [7, 11) is 1.64. The third kappa shape index (κ3) is 3.00. The van der Waals surface area contributed by atoms with E-state index >= 15 is 0 Å². The number of benzene rings is 2. The lowest BCUT2D eigenvalue weighted by atomic mass is 10.0. The monoisotopic (exact) mass is 314 g/mol. The highest BCUT2D eigenvalue weighted by molar-refractivity contribution is 6.38. The average Bonchev–Trinajstić information content (AvgIpc) is 2.38. The summed E-state index contributed by atoms with van der Waals surface area (Å²) < 4.78 is 5.24. The Bertz CT molecular complexity index is 576. The molecule has 0 saturated carbocycles. The summed E-state index contributed by atoms with van der Waals surface area (Å²) in [4.78, 5) is 0. The summed E-state index contributed by atoms with van der Waals surface area (Å²) in [6.45, 7) is 1.97. The fourth-order valence-corrected chi connectivity index (χ4v) is 3.08. The lowest BCUT2D eigenvalue weighted by Gasteiger charge is -2.15. The van der Waals surface area contributed by atoms with Crippen molar-refractivity contribution >= 4 is 34.8 Å². The largest absolute Gasteiger partial charge is 0.496 e. The fourth-order valence-electron chi connectivity index (χ4n) is 1.98. The normalized spacial score (nSPS) is 12.3. The molecule has 1 atom stereocenters. The molecular formula is C15H13Cl3O. The predicted octanol–water partition coefficient (Wildman–Crippen LogP) is 5.64. The quantitative estimate of drug-likeness (QED) is 0.666. The van der Waals surface area contributed by atoms with Crippen LogP contribution in [0.3, 0.4) is 0 Å². The van der Waals surface area contributed by atoms with E-state index in [2.05, 4.69) is 0 Å². The van der Waals surface area contributed by atoms with Gasteiger partial charge in [0.25, 0.3) is 0 Å². The van der Waals surface area contributed by atoms with Crippen molar-refractivity contribution in [2.24, 2.45) is 0 Å². The van der Waals surface area contributed by atoms with Crippen molar-refractivity contribution in [1.82, 2.24) is 0 Å². The summed E-state index contributed by atoms with van der Waals surface area (Å²) >= 11 is 18.9. The zero-order valence-corrected chi connectivity index (χ0v) is 12.9.